The summed E-state index contributed by atoms with van der Waals surface area (Å²) in [5.74, 6) is 0. The molecule has 0 nitrogen and oxygen atoms in total. The van der Waals surface area contributed by atoms with Crippen LogP contribution in [0, 0.1) is 0 Å². The molecule has 0 aliphatic heterocycles. The topological polar surface area (TPSA) is 0 Å². The molecule has 2 aliphatic carbocycles. The lowest BCUT2D eigenvalue weighted by atomic mass is 9.75. The van der Waals surface area contributed by atoms with Gasteiger partial charge in [-0.05, 0) is 145 Å². The van der Waals surface area contributed by atoms with Crippen LogP contribution >= 0.6 is 0 Å². The fourth-order valence-corrected chi connectivity index (χ4v) is 17.8. The monoisotopic (exact) mass is 904 g/mol. The maximum Gasteiger partial charge on any atom is 0.179 e. The van der Waals surface area contributed by atoms with Crippen molar-refractivity contribution in [2.45, 2.75) is 18.3 Å². The Labute approximate surface area is 410 Å². The maximum absolute atomic E-state index is 2.79. The van der Waals surface area contributed by atoms with Gasteiger partial charge in [0.2, 0.25) is 0 Å². The highest BCUT2D eigenvalue weighted by atomic mass is 28.3. The van der Waals surface area contributed by atoms with Crippen molar-refractivity contribution in [2.24, 2.45) is 0 Å². The summed E-state index contributed by atoms with van der Waals surface area (Å²) >= 11 is 0. The van der Waals surface area contributed by atoms with Gasteiger partial charge in [-0.2, -0.15) is 0 Å². The third-order valence-corrected chi connectivity index (χ3v) is 20.8. The first kappa shape index (κ1) is 40.7. The SMILES string of the molecule is c1ccc([Si](c2ccccc2)(c2ccccc2)c2ccc3c(c2)C2(Cc4ccccc4C2)c2cc(-c4c5ccccc5c(-c5ccccc5-c5ccc6ccccc6c5)c5ccccc45)ccc2-3)cc1. The van der Waals surface area contributed by atoms with Gasteiger partial charge in [0.1, 0.15) is 0 Å². The third-order valence-electron chi connectivity index (χ3n) is 16.0. The number of hydrogen-bond donors (Lipinski definition) is 0. The molecule has 328 valence electrons. The third kappa shape index (κ3) is 6.08. The fraction of sp³-hybridized carbons (Fsp3) is 0.0435. The van der Waals surface area contributed by atoms with E-state index in [1.54, 1.807) is 0 Å². The molecule has 0 fully saturated rings. The lowest BCUT2D eigenvalue weighted by Crippen LogP contribution is -2.74. The molecule has 0 saturated heterocycles. The van der Waals surface area contributed by atoms with Crippen LogP contribution < -0.4 is 20.7 Å². The second-order valence-electron chi connectivity index (χ2n) is 19.5. The Morgan fingerprint density at radius 3 is 1.30 bits per heavy atom. The summed E-state index contributed by atoms with van der Waals surface area (Å²) < 4.78 is 0. The highest BCUT2D eigenvalue weighted by molar-refractivity contribution is 7.19. The summed E-state index contributed by atoms with van der Waals surface area (Å²) in [6, 6.07) is 101. The largest absolute Gasteiger partial charge is 0.179 e. The van der Waals surface area contributed by atoms with Gasteiger partial charge in [-0.1, -0.05) is 255 Å². The predicted octanol–water partition coefficient (Wildman–Crippen LogP) is 14.6. The zero-order chi connectivity index (χ0) is 46.2. The van der Waals surface area contributed by atoms with Crippen molar-refractivity contribution in [1.82, 2.24) is 0 Å². The Balaban J connectivity index is 0.992. The summed E-state index contributed by atoms with van der Waals surface area (Å²) in [5, 5.41) is 13.2. The highest BCUT2D eigenvalue weighted by Gasteiger charge is 2.49. The van der Waals surface area contributed by atoms with Crippen LogP contribution in [0.2, 0.25) is 0 Å². The standard InChI is InChI=1S/C69H48Si/c1-4-24-53(25-5-1)70(54-26-6-2-7-27-54,55-28-8-3-9-29-55)56-39-41-59-58-40-38-50(43-65(58)69(66(59)44-56)45-51-22-12-13-23-52(51)46-69)67-61-32-16-18-34-63(61)68(64-35-19-17-33-62(64)67)60-31-15-14-30-57(60)49-37-36-47-20-10-11-21-48(47)42-49/h1-44H,45-46H2. The Kier molecular flexibility index (Phi) is 9.37. The van der Waals surface area contributed by atoms with Gasteiger partial charge in [0.15, 0.2) is 8.07 Å². The Morgan fingerprint density at radius 1 is 0.271 bits per heavy atom. The van der Waals surface area contributed by atoms with Crippen molar-refractivity contribution < 1.29 is 0 Å². The van der Waals surface area contributed by atoms with E-state index in [9.17, 15) is 0 Å². The van der Waals surface area contributed by atoms with Crippen molar-refractivity contribution in [3.05, 3.63) is 289 Å². The maximum atomic E-state index is 2.67. The molecule has 0 atom stereocenters. The molecule has 2 aliphatic rings. The van der Waals surface area contributed by atoms with E-state index in [2.05, 4.69) is 267 Å². The molecule has 1 heteroatoms. The minimum atomic E-state index is -2.79. The molecule has 12 aromatic carbocycles. The number of hydrogen-bond acceptors (Lipinski definition) is 0. The van der Waals surface area contributed by atoms with Crippen LogP contribution in [0.25, 0.3) is 76.8 Å². The summed E-state index contributed by atoms with van der Waals surface area (Å²) in [6.07, 6.45) is 1.94. The van der Waals surface area contributed by atoms with Crippen LogP contribution in [-0.4, -0.2) is 8.07 Å². The zero-order valence-electron chi connectivity index (χ0n) is 38.8. The second-order valence-corrected chi connectivity index (χ2v) is 23.3. The van der Waals surface area contributed by atoms with E-state index in [4.69, 9.17) is 0 Å². The summed E-state index contributed by atoms with van der Waals surface area (Å²) in [5.41, 5.74) is 15.9. The molecule has 14 rings (SSSR count). The number of benzene rings is 12. The molecule has 12 aromatic rings. The van der Waals surface area contributed by atoms with Crippen molar-refractivity contribution in [2.75, 3.05) is 0 Å². The highest BCUT2D eigenvalue weighted by Crippen LogP contribution is 2.57. The van der Waals surface area contributed by atoms with E-state index in [0.717, 1.165) is 12.8 Å². The van der Waals surface area contributed by atoms with Crippen LogP contribution in [0.4, 0.5) is 0 Å². The molecule has 70 heavy (non-hydrogen) atoms. The van der Waals surface area contributed by atoms with Crippen LogP contribution in [0.5, 0.6) is 0 Å². The molecule has 0 N–H and O–H groups in total. The summed E-state index contributed by atoms with van der Waals surface area (Å²) in [4.78, 5) is 0. The van der Waals surface area contributed by atoms with Crippen molar-refractivity contribution in [1.29, 1.82) is 0 Å². The van der Waals surface area contributed by atoms with E-state index >= 15 is 0 Å². The average molecular weight is 905 g/mol. The van der Waals surface area contributed by atoms with E-state index in [-0.39, 0.29) is 5.41 Å². The normalized spacial score (nSPS) is 13.4. The second kappa shape index (κ2) is 16.1. The van der Waals surface area contributed by atoms with Crippen LogP contribution in [-0.2, 0) is 18.3 Å². The Bertz CT molecular complexity index is 3820. The zero-order valence-corrected chi connectivity index (χ0v) is 39.8. The molecule has 0 heterocycles. The van der Waals surface area contributed by atoms with Crippen LogP contribution in [0.3, 0.4) is 0 Å². The van der Waals surface area contributed by atoms with E-state index < -0.39 is 8.07 Å². The first-order valence-electron chi connectivity index (χ1n) is 24.7. The van der Waals surface area contributed by atoms with E-state index in [1.165, 1.54) is 120 Å². The first-order chi connectivity index (χ1) is 34.7. The Morgan fingerprint density at radius 2 is 0.714 bits per heavy atom. The van der Waals surface area contributed by atoms with Gasteiger partial charge in [0, 0.05) is 5.41 Å². The smallest absolute Gasteiger partial charge is 0.0623 e. The summed E-state index contributed by atoms with van der Waals surface area (Å²) in [6.45, 7) is 0. The molecular formula is C69H48Si. The van der Waals surface area contributed by atoms with Gasteiger partial charge >= 0.3 is 0 Å². The van der Waals surface area contributed by atoms with Crippen molar-refractivity contribution in [3.63, 3.8) is 0 Å². The van der Waals surface area contributed by atoms with Gasteiger partial charge in [-0.15, -0.1) is 0 Å². The van der Waals surface area contributed by atoms with Gasteiger partial charge in [0.25, 0.3) is 0 Å². The summed E-state index contributed by atoms with van der Waals surface area (Å²) in [7, 11) is -2.79. The molecule has 0 unspecified atom stereocenters. The molecule has 0 radical (unpaired) electrons. The fourth-order valence-electron chi connectivity index (χ4n) is 13.0. The number of fused-ring (bicyclic) bond motifs is 9. The van der Waals surface area contributed by atoms with E-state index in [1.807, 2.05) is 0 Å². The lowest BCUT2D eigenvalue weighted by Gasteiger charge is -2.36. The van der Waals surface area contributed by atoms with Crippen LogP contribution in [0.15, 0.2) is 267 Å². The van der Waals surface area contributed by atoms with Gasteiger partial charge in [-0.25, -0.2) is 0 Å². The van der Waals surface area contributed by atoms with Crippen molar-refractivity contribution >= 4 is 61.1 Å². The molecule has 0 aromatic heterocycles. The quantitative estimate of drug-likeness (QED) is 0.0849. The molecule has 0 amide bonds. The van der Waals surface area contributed by atoms with Gasteiger partial charge in [-0.3, -0.25) is 0 Å². The predicted molar refractivity (Wildman–Crippen MR) is 299 cm³/mol. The average Bonchev–Trinajstić information content (AvgIpc) is 3.95. The minimum absolute atomic E-state index is 0.227. The number of rotatable bonds is 7. The first-order valence-corrected chi connectivity index (χ1v) is 26.7. The lowest BCUT2D eigenvalue weighted by molar-refractivity contribution is 0.564. The molecule has 1 spiro atoms. The minimum Gasteiger partial charge on any atom is -0.0623 e. The van der Waals surface area contributed by atoms with Gasteiger partial charge in [0.05, 0.1) is 0 Å². The van der Waals surface area contributed by atoms with Gasteiger partial charge < -0.3 is 0 Å². The Hall–Kier alpha value is -8.36. The van der Waals surface area contributed by atoms with E-state index in [0.29, 0.717) is 0 Å². The van der Waals surface area contributed by atoms with Crippen molar-refractivity contribution in [3.8, 4) is 44.5 Å². The molecule has 0 bridgehead atoms. The molecular weight excluding hydrogens is 857 g/mol. The molecule has 0 saturated carbocycles. The van der Waals surface area contributed by atoms with Crippen LogP contribution in [0.1, 0.15) is 22.3 Å².